The van der Waals surface area contributed by atoms with Gasteiger partial charge < -0.3 is 14.2 Å². The van der Waals surface area contributed by atoms with Crippen molar-refractivity contribution < 1.29 is 28.6 Å². The summed E-state index contributed by atoms with van der Waals surface area (Å²) in [5.74, 6) is -0.900. The number of esters is 3. The van der Waals surface area contributed by atoms with Crippen LogP contribution in [0.3, 0.4) is 0 Å². The van der Waals surface area contributed by atoms with Gasteiger partial charge in [0, 0.05) is 19.3 Å². The largest absolute Gasteiger partial charge is 0.462 e. The molecule has 6 heteroatoms. The van der Waals surface area contributed by atoms with E-state index in [2.05, 4.69) is 81.5 Å². The van der Waals surface area contributed by atoms with Crippen molar-refractivity contribution in [3.05, 3.63) is 60.8 Å². The zero-order valence-electron chi connectivity index (χ0n) is 49.4. The second-order valence-corrected chi connectivity index (χ2v) is 21.6. The summed E-state index contributed by atoms with van der Waals surface area (Å²) < 4.78 is 16.9. The van der Waals surface area contributed by atoms with Crippen molar-refractivity contribution in [1.82, 2.24) is 0 Å². The quantitative estimate of drug-likeness (QED) is 0.0261. The van der Waals surface area contributed by atoms with E-state index in [0.717, 1.165) is 122 Å². The van der Waals surface area contributed by atoms with E-state index in [0.29, 0.717) is 19.3 Å². The molecule has 0 aliphatic heterocycles. The normalized spacial score (nSPS) is 12.4. The third-order valence-electron chi connectivity index (χ3n) is 14.2. The van der Waals surface area contributed by atoms with Crippen LogP contribution in [0.25, 0.3) is 0 Å². The Hall–Kier alpha value is -2.89. The molecular weight excluding hydrogens is 913 g/mol. The zero-order valence-corrected chi connectivity index (χ0v) is 49.4. The van der Waals surface area contributed by atoms with Gasteiger partial charge in [0.05, 0.1) is 0 Å². The van der Waals surface area contributed by atoms with Crippen LogP contribution < -0.4 is 0 Å². The van der Waals surface area contributed by atoms with Crippen LogP contribution in [-0.4, -0.2) is 37.2 Å². The first kappa shape index (κ1) is 71.1. The minimum atomic E-state index is -0.788. The van der Waals surface area contributed by atoms with Crippen molar-refractivity contribution in [3.8, 4) is 0 Å². The van der Waals surface area contributed by atoms with Crippen molar-refractivity contribution in [2.75, 3.05) is 13.2 Å². The van der Waals surface area contributed by atoms with E-state index in [4.69, 9.17) is 14.2 Å². The number of carbonyl (C=O) groups is 3. The summed E-state index contributed by atoms with van der Waals surface area (Å²) in [6.45, 7) is 6.48. The van der Waals surface area contributed by atoms with Crippen molar-refractivity contribution >= 4 is 17.9 Å². The maximum atomic E-state index is 12.9. The SMILES string of the molecule is CC/C=C\C/C=C\C/C=C\CCCCCCCC(=O)OC(COC(=O)CCCCCCC/C=C\C/C=C\CCC)COC(=O)CCCCCCCCCCCCCCCCCCCCCCCCCCCCCC. The van der Waals surface area contributed by atoms with Crippen molar-refractivity contribution in [2.24, 2.45) is 0 Å². The summed E-state index contributed by atoms with van der Waals surface area (Å²) in [4.78, 5) is 38.2. The molecule has 6 nitrogen and oxygen atoms in total. The average Bonchev–Trinajstić information content (AvgIpc) is 3.40. The lowest BCUT2D eigenvalue weighted by Gasteiger charge is -2.18. The Bertz CT molecular complexity index is 1330. The van der Waals surface area contributed by atoms with Crippen LogP contribution in [0.4, 0.5) is 0 Å². The number of rotatable bonds is 59. The van der Waals surface area contributed by atoms with Gasteiger partial charge in [0.25, 0.3) is 0 Å². The Labute approximate surface area is 460 Å². The molecule has 0 aromatic heterocycles. The topological polar surface area (TPSA) is 78.9 Å². The fourth-order valence-electron chi connectivity index (χ4n) is 9.44. The molecular formula is C68H122O6. The molecule has 0 fully saturated rings. The highest BCUT2D eigenvalue weighted by molar-refractivity contribution is 5.71. The summed E-state index contributed by atoms with van der Waals surface area (Å²) in [6, 6.07) is 0. The van der Waals surface area contributed by atoms with E-state index in [1.54, 1.807) is 0 Å². The molecule has 430 valence electrons. The minimum Gasteiger partial charge on any atom is -0.462 e. The highest BCUT2D eigenvalue weighted by Crippen LogP contribution is 2.18. The number of unbranched alkanes of at least 4 members (excludes halogenated alkanes) is 38. The molecule has 0 aromatic carbocycles. The Morgan fingerprint density at radius 2 is 0.554 bits per heavy atom. The van der Waals surface area contributed by atoms with Crippen LogP contribution in [0.1, 0.15) is 335 Å². The van der Waals surface area contributed by atoms with Crippen LogP contribution >= 0.6 is 0 Å². The Morgan fingerprint density at radius 1 is 0.284 bits per heavy atom. The third kappa shape index (κ3) is 60.0. The molecule has 74 heavy (non-hydrogen) atoms. The molecule has 0 amide bonds. The fraction of sp³-hybridized carbons (Fsp3) is 0.809. The maximum absolute atomic E-state index is 12.9. The standard InChI is InChI=1S/C68H122O6/c1-4-7-10-13-16-19-22-25-27-28-29-30-31-32-33-34-35-36-37-38-39-41-43-46-49-52-55-58-61-67(70)73-64-65(63-72-66(69)60-57-54-51-48-45-42-24-21-18-15-12-9-6-3)74-68(71)62-59-56-53-50-47-44-40-26-23-20-17-14-11-8-5-2/h8,11-12,15,17,20-21,24,26,40,65H,4-7,9-10,13-14,16,18-19,22-23,25,27-39,41-64H2,1-3H3/b11-8-,15-12-,20-17-,24-21-,40-26-. The van der Waals surface area contributed by atoms with Crippen LogP contribution in [-0.2, 0) is 28.6 Å². The molecule has 0 aliphatic rings. The molecule has 0 saturated heterocycles. The fourth-order valence-corrected chi connectivity index (χ4v) is 9.44. The summed E-state index contributed by atoms with van der Waals surface area (Å²) in [6.07, 6.45) is 79.6. The van der Waals surface area contributed by atoms with Gasteiger partial charge in [-0.1, -0.05) is 300 Å². The van der Waals surface area contributed by atoms with Crippen LogP contribution in [0.2, 0.25) is 0 Å². The summed E-state index contributed by atoms with van der Waals surface area (Å²) in [5.41, 5.74) is 0. The lowest BCUT2D eigenvalue weighted by molar-refractivity contribution is -0.167. The Morgan fingerprint density at radius 3 is 0.878 bits per heavy atom. The predicted octanol–water partition coefficient (Wildman–Crippen LogP) is 21.9. The minimum absolute atomic E-state index is 0.0833. The third-order valence-corrected chi connectivity index (χ3v) is 14.2. The molecule has 0 spiro atoms. The molecule has 0 N–H and O–H groups in total. The zero-order chi connectivity index (χ0) is 53.6. The van der Waals surface area contributed by atoms with Gasteiger partial charge in [-0.05, 0) is 77.0 Å². The smallest absolute Gasteiger partial charge is 0.306 e. The summed E-state index contributed by atoms with van der Waals surface area (Å²) in [5, 5.41) is 0. The molecule has 0 aliphatic carbocycles. The van der Waals surface area contributed by atoms with E-state index in [-0.39, 0.29) is 31.1 Å². The highest BCUT2D eigenvalue weighted by atomic mass is 16.6. The lowest BCUT2D eigenvalue weighted by atomic mass is 10.0. The Kier molecular flexibility index (Phi) is 60.2. The molecule has 1 atom stereocenters. The van der Waals surface area contributed by atoms with Gasteiger partial charge >= 0.3 is 17.9 Å². The van der Waals surface area contributed by atoms with Gasteiger partial charge in [0.1, 0.15) is 13.2 Å². The maximum Gasteiger partial charge on any atom is 0.306 e. The molecule has 0 rings (SSSR count). The number of hydrogen-bond acceptors (Lipinski definition) is 6. The van der Waals surface area contributed by atoms with Crippen molar-refractivity contribution in [1.29, 1.82) is 0 Å². The number of ether oxygens (including phenoxy) is 3. The van der Waals surface area contributed by atoms with Crippen molar-refractivity contribution in [3.63, 3.8) is 0 Å². The number of carbonyl (C=O) groups excluding carboxylic acids is 3. The average molecular weight is 1040 g/mol. The van der Waals surface area contributed by atoms with Crippen LogP contribution in [0.15, 0.2) is 60.8 Å². The molecule has 1 unspecified atom stereocenters. The van der Waals surface area contributed by atoms with Gasteiger partial charge in [-0.2, -0.15) is 0 Å². The van der Waals surface area contributed by atoms with E-state index >= 15 is 0 Å². The molecule has 0 aromatic rings. The van der Waals surface area contributed by atoms with Gasteiger partial charge in [-0.3, -0.25) is 14.4 Å². The Balaban J connectivity index is 4.19. The first-order valence-corrected chi connectivity index (χ1v) is 32.3. The number of hydrogen-bond donors (Lipinski definition) is 0. The summed E-state index contributed by atoms with van der Waals surface area (Å²) in [7, 11) is 0. The summed E-state index contributed by atoms with van der Waals surface area (Å²) >= 11 is 0. The number of allylic oxidation sites excluding steroid dienone is 10. The monoisotopic (exact) mass is 1030 g/mol. The second kappa shape index (κ2) is 62.6. The van der Waals surface area contributed by atoms with E-state index in [9.17, 15) is 14.4 Å². The van der Waals surface area contributed by atoms with E-state index in [1.807, 2.05) is 0 Å². The highest BCUT2D eigenvalue weighted by Gasteiger charge is 2.19. The first-order chi connectivity index (χ1) is 36.5. The van der Waals surface area contributed by atoms with E-state index in [1.165, 1.54) is 173 Å². The van der Waals surface area contributed by atoms with Gasteiger partial charge in [-0.25, -0.2) is 0 Å². The molecule has 0 radical (unpaired) electrons. The predicted molar refractivity (Wildman–Crippen MR) is 321 cm³/mol. The van der Waals surface area contributed by atoms with Gasteiger partial charge in [-0.15, -0.1) is 0 Å². The van der Waals surface area contributed by atoms with Crippen LogP contribution in [0, 0.1) is 0 Å². The molecule has 0 bridgehead atoms. The molecule has 0 saturated carbocycles. The second-order valence-electron chi connectivity index (χ2n) is 21.6. The molecule has 0 heterocycles. The lowest BCUT2D eigenvalue weighted by Crippen LogP contribution is -2.30. The van der Waals surface area contributed by atoms with Gasteiger partial charge in [0.15, 0.2) is 6.10 Å². The van der Waals surface area contributed by atoms with Crippen LogP contribution in [0.5, 0.6) is 0 Å². The van der Waals surface area contributed by atoms with Gasteiger partial charge in [0.2, 0.25) is 0 Å². The first-order valence-electron chi connectivity index (χ1n) is 32.3. The van der Waals surface area contributed by atoms with E-state index < -0.39 is 6.10 Å². The van der Waals surface area contributed by atoms with Crippen molar-refractivity contribution in [2.45, 2.75) is 341 Å².